The van der Waals surface area contributed by atoms with Crippen LogP contribution in [0, 0.1) is 0 Å². The van der Waals surface area contributed by atoms with Crippen molar-refractivity contribution >= 4 is 15.4 Å². The summed E-state index contributed by atoms with van der Waals surface area (Å²) in [4.78, 5) is 3.43. The first-order chi connectivity index (χ1) is 4.93. The van der Waals surface area contributed by atoms with E-state index in [9.17, 15) is 0 Å². The molecule has 0 saturated carbocycles. The van der Waals surface area contributed by atoms with Crippen molar-refractivity contribution in [3.63, 3.8) is 0 Å². The first-order valence-corrected chi connectivity index (χ1v) is 5.43. The van der Waals surface area contributed by atoms with Crippen LogP contribution in [0.15, 0.2) is 30.3 Å². The molecule has 0 aromatic heterocycles. The summed E-state index contributed by atoms with van der Waals surface area (Å²) in [5.74, 6) is 0. The van der Waals surface area contributed by atoms with Crippen molar-refractivity contribution in [2.24, 2.45) is 0 Å². The van der Waals surface area contributed by atoms with Gasteiger partial charge in [0, 0.05) is 5.69 Å². The average molecular weight is 151 g/mol. The SMILES string of the molecule is CC[SiH2]Nc1ccccc1. The van der Waals surface area contributed by atoms with Crippen LogP contribution in [0.3, 0.4) is 0 Å². The third-order valence-electron chi connectivity index (χ3n) is 1.35. The summed E-state index contributed by atoms with van der Waals surface area (Å²) in [6.07, 6.45) is 0. The quantitative estimate of drug-likeness (QED) is 0.647. The molecule has 1 rings (SSSR count). The average Bonchev–Trinajstić information content (AvgIpc) is 2.03. The van der Waals surface area contributed by atoms with Gasteiger partial charge in [0.2, 0.25) is 0 Å². The summed E-state index contributed by atoms with van der Waals surface area (Å²) in [5, 5.41) is 0. The Morgan fingerprint density at radius 3 is 2.60 bits per heavy atom. The van der Waals surface area contributed by atoms with E-state index < -0.39 is 0 Å². The standard InChI is InChI=1S/C8H13NSi/c1-2-10-9-8-6-4-3-5-7-8/h3-7,9H,2,10H2,1H3. The lowest BCUT2D eigenvalue weighted by molar-refractivity contribution is 1.44. The molecule has 0 radical (unpaired) electrons. The largest absolute Gasteiger partial charge is 0.416 e. The van der Waals surface area contributed by atoms with Crippen LogP contribution in [-0.4, -0.2) is 9.68 Å². The van der Waals surface area contributed by atoms with Gasteiger partial charge < -0.3 is 4.98 Å². The zero-order valence-corrected chi connectivity index (χ0v) is 7.72. The summed E-state index contributed by atoms with van der Waals surface area (Å²) in [7, 11) is -0.0266. The highest BCUT2D eigenvalue weighted by atomic mass is 28.2. The van der Waals surface area contributed by atoms with Crippen molar-refractivity contribution in [3.8, 4) is 0 Å². The number of hydrogen-bond donors (Lipinski definition) is 1. The summed E-state index contributed by atoms with van der Waals surface area (Å²) in [6.45, 7) is 2.22. The van der Waals surface area contributed by atoms with Crippen LogP contribution >= 0.6 is 0 Å². The second kappa shape index (κ2) is 4.12. The Morgan fingerprint density at radius 1 is 1.30 bits per heavy atom. The molecule has 0 unspecified atom stereocenters. The number of para-hydroxylation sites is 1. The maximum atomic E-state index is 3.43. The minimum absolute atomic E-state index is 0.0266. The summed E-state index contributed by atoms with van der Waals surface area (Å²) >= 11 is 0. The van der Waals surface area contributed by atoms with Gasteiger partial charge in [-0.15, -0.1) is 0 Å². The molecule has 1 nitrogen and oxygen atoms in total. The van der Waals surface area contributed by atoms with Crippen molar-refractivity contribution in [3.05, 3.63) is 30.3 Å². The van der Waals surface area contributed by atoms with Gasteiger partial charge in [-0.05, 0) is 18.2 Å². The van der Waals surface area contributed by atoms with E-state index in [1.54, 1.807) is 0 Å². The van der Waals surface area contributed by atoms with Gasteiger partial charge in [0.05, 0.1) is 0 Å². The predicted molar refractivity (Wildman–Crippen MR) is 49.1 cm³/mol. The lowest BCUT2D eigenvalue weighted by Crippen LogP contribution is -2.02. The summed E-state index contributed by atoms with van der Waals surface area (Å²) < 4.78 is 0. The summed E-state index contributed by atoms with van der Waals surface area (Å²) in [5.41, 5.74) is 1.27. The molecule has 2 heteroatoms. The first-order valence-electron chi connectivity index (χ1n) is 3.72. The Labute approximate surface area is 64.4 Å². The Kier molecular flexibility index (Phi) is 3.02. The molecule has 0 aliphatic rings. The van der Waals surface area contributed by atoms with Crippen LogP contribution in [0.4, 0.5) is 5.69 Å². The summed E-state index contributed by atoms with van der Waals surface area (Å²) in [6, 6.07) is 11.7. The van der Waals surface area contributed by atoms with E-state index >= 15 is 0 Å². The molecule has 0 fully saturated rings. The van der Waals surface area contributed by atoms with E-state index in [1.165, 1.54) is 11.7 Å². The van der Waals surface area contributed by atoms with Gasteiger partial charge in [-0.2, -0.15) is 0 Å². The highest BCUT2D eigenvalue weighted by molar-refractivity contribution is 6.40. The molecule has 1 N–H and O–H groups in total. The molecule has 0 saturated heterocycles. The minimum atomic E-state index is -0.0266. The molecule has 0 spiro atoms. The van der Waals surface area contributed by atoms with Crippen LogP contribution in [-0.2, 0) is 0 Å². The molecule has 1 aromatic carbocycles. The highest BCUT2D eigenvalue weighted by Gasteiger charge is 1.85. The van der Waals surface area contributed by atoms with Crippen molar-refractivity contribution in [2.75, 3.05) is 4.98 Å². The van der Waals surface area contributed by atoms with E-state index in [2.05, 4.69) is 36.2 Å². The fraction of sp³-hybridized carbons (Fsp3) is 0.250. The van der Waals surface area contributed by atoms with Crippen molar-refractivity contribution in [1.82, 2.24) is 0 Å². The number of anilines is 1. The molecule has 1 aromatic rings. The molecule has 0 aliphatic carbocycles. The fourth-order valence-electron chi connectivity index (χ4n) is 0.825. The van der Waals surface area contributed by atoms with Crippen LogP contribution in [0.1, 0.15) is 6.92 Å². The molecular weight excluding hydrogens is 138 g/mol. The van der Waals surface area contributed by atoms with Gasteiger partial charge in [-0.1, -0.05) is 25.1 Å². The van der Waals surface area contributed by atoms with Gasteiger partial charge in [0.15, 0.2) is 0 Å². The third-order valence-corrected chi connectivity index (χ3v) is 2.51. The van der Waals surface area contributed by atoms with Gasteiger partial charge in [0.25, 0.3) is 0 Å². The molecule has 0 atom stereocenters. The molecule has 0 amide bonds. The topological polar surface area (TPSA) is 12.0 Å². The van der Waals surface area contributed by atoms with Crippen LogP contribution in [0.5, 0.6) is 0 Å². The second-order valence-electron chi connectivity index (χ2n) is 2.29. The Morgan fingerprint density at radius 2 is 2.00 bits per heavy atom. The maximum absolute atomic E-state index is 3.43. The van der Waals surface area contributed by atoms with Gasteiger partial charge in [0.1, 0.15) is 9.68 Å². The van der Waals surface area contributed by atoms with Crippen molar-refractivity contribution in [1.29, 1.82) is 0 Å². The van der Waals surface area contributed by atoms with Crippen LogP contribution < -0.4 is 4.98 Å². The Bertz CT molecular complexity index is 174. The van der Waals surface area contributed by atoms with E-state index in [4.69, 9.17) is 0 Å². The monoisotopic (exact) mass is 151 g/mol. The van der Waals surface area contributed by atoms with Crippen molar-refractivity contribution in [2.45, 2.75) is 13.0 Å². The van der Waals surface area contributed by atoms with Gasteiger partial charge in [-0.3, -0.25) is 0 Å². The van der Waals surface area contributed by atoms with Gasteiger partial charge >= 0.3 is 0 Å². The Balaban J connectivity index is 2.43. The number of rotatable bonds is 3. The molecular formula is C8H13NSi. The number of benzene rings is 1. The zero-order valence-electron chi connectivity index (χ0n) is 6.30. The van der Waals surface area contributed by atoms with E-state index in [0.29, 0.717) is 0 Å². The third kappa shape index (κ3) is 2.23. The lowest BCUT2D eigenvalue weighted by Gasteiger charge is -2.01. The number of nitrogens with one attached hydrogen (secondary N) is 1. The first kappa shape index (κ1) is 7.35. The van der Waals surface area contributed by atoms with E-state index in [-0.39, 0.29) is 9.68 Å². The van der Waals surface area contributed by atoms with Crippen molar-refractivity contribution < 1.29 is 0 Å². The molecule has 0 aliphatic heterocycles. The molecule has 10 heavy (non-hydrogen) atoms. The fourth-order valence-corrected chi connectivity index (χ4v) is 1.60. The predicted octanol–water partition coefficient (Wildman–Crippen LogP) is 1.62. The highest BCUT2D eigenvalue weighted by Crippen LogP contribution is 2.03. The zero-order chi connectivity index (χ0) is 7.23. The van der Waals surface area contributed by atoms with E-state index in [0.717, 1.165) is 0 Å². The molecule has 0 heterocycles. The van der Waals surface area contributed by atoms with Crippen LogP contribution in [0.2, 0.25) is 6.04 Å². The number of hydrogen-bond acceptors (Lipinski definition) is 1. The van der Waals surface area contributed by atoms with Crippen LogP contribution in [0.25, 0.3) is 0 Å². The maximum Gasteiger partial charge on any atom is 0.120 e. The van der Waals surface area contributed by atoms with Gasteiger partial charge in [-0.25, -0.2) is 0 Å². The second-order valence-corrected chi connectivity index (χ2v) is 4.15. The lowest BCUT2D eigenvalue weighted by atomic mass is 10.3. The smallest absolute Gasteiger partial charge is 0.120 e. The normalized spacial score (nSPS) is 10.5. The Hall–Kier alpha value is -0.763. The minimum Gasteiger partial charge on any atom is -0.416 e. The molecule has 54 valence electrons. The van der Waals surface area contributed by atoms with E-state index in [1.807, 2.05) is 6.07 Å². The molecule has 0 bridgehead atoms.